The highest BCUT2D eigenvalue weighted by Gasteiger charge is 2.21. The van der Waals surface area contributed by atoms with Crippen LogP contribution in [0.2, 0.25) is 0 Å². The maximum Gasteiger partial charge on any atom is 0.123 e. The van der Waals surface area contributed by atoms with Gasteiger partial charge in [0, 0.05) is 36.3 Å². The quantitative estimate of drug-likeness (QED) is 0.721. The van der Waals surface area contributed by atoms with Crippen LogP contribution in [0.15, 0.2) is 36.5 Å². The third kappa shape index (κ3) is 3.43. The fourth-order valence-electron chi connectivity index (χ4n) is 3.27. The summed E-state index contributed by atoms with van der Waals surface area (Å²) >= 11 is 1.74. The van der Waals surface area contributed by atoms with Gasteiger partial charge >= 0.3 is 0 Å². The van der Waals surface area contributed by atoms with Crippen LogP contribution in [-0.4, -0.2) is 43.0 Å². The number of rotatable bonds is 5. The van der Waals surface area contributed by atoms with Gasteiger partial charge in [0.15, 0.2) is 0 Å². The zero-order valence-corrected chi connectivity index (χ0v) is 15.5. The first kappa shape index (κ1) is 17.4. The highest BCUT2D eigenvalue weighted by atomic mass is 32.1. The van der Waals surface area contributed by atoms with Gasteiger partial charge in [-0.3, -0.25) is 9.58 Å². The molecular formula is C19H22N4O2S. The largest absolute Gasteiger partial charge is 0.393 e. The van der Waals surface area contributed by atoms with Crippen molar-refractivity contribution in [3.8, 4) is 10.6 Å². The number of aryl methyl sites for hydroxylation is 1. The Kier molecular flexibility index (Phi) is 4.86. The van der Waals surface area contributed by atoms with E-state index in [1.54, 1.807) is 11.3 Å². The van der Waals surface area contributed by atoms with Gasteiger partial charge in [0.05, 0.1) is 24.5 Å². The Balaban J connectivity index is 1.46. The predicted octanol–water partition coefficient (Wildman–Crippen LogP) is 2.36. The molecule has 0 spiro atoms. The van der Waals surface area contributed by atoms with Gasteiger partial charge in [-0.2, -0.15) is 5.10 Å². The molecule has 1 aliphatic heterocycles. The van der Waals surface area contributed by atoms with E-state index >= 15 is 0 Å². The first-order valence-corrected chi connectivity index (χ1v) is 9.54. The molecular weight excluding hydrogens is 348 g/mol. The van der Waals surface area contributed by atoms with Crippen molar-refractivity contribution < 1.29 is 10.2 Å². The van der Waals surface area contributed by atoms with Crippen molar-refractivity contribution in [1.29, 1.82) is 0 Å². The summed E-state index contributed by atoms with van der Waals surface area (Å²) in [4.78, 5) is 8.21. The number of aliphatic hydroxyl groups excluding tert-OH is 2. The molecule has 0 bridgehead atoms. The molecule has 0 saturated carbocycles. The molecule has 0 unspecified atom stereocenters. The molecule has 6 nitrogen and oxygen atoms in total. The third-order valence-corrected chi connectivity index (χ3v) is 5.73. The van der Waals surface area contributed by atoms with Gasteiger partial charge in [-0.15, -0.1) is 11.3 Å². The van der Waals surface area contributed by atoms with Crippen molar-refractivity contribution in [3.63, 3.8) is 0 Å². The number of hydrogen-bond acceptors (Lipinski definition) is 6. The van der Waals surface area contributed by atoms with Crippen molar-refractivity contribution in [3.05, 3.63) is 58.4 Å². The maximum absolute atomic E-state index is 9.77. The van der Waals surface area contributed by atoms with E-state index in [1.165, 1.54) is 16.0 Å². The lowest BCUT2D eigenvalue weighted by Gasteiger charge is -2.26. The van der Waals surface area contributed by atoms with E-state index < -0.39 is 6.10 Å². The van der Waals surface area contributed by atoms with Crippen LogP contribution in [0.25, 0.3) is 10.6 Å². The molecule has 2 N–H and O–H groups in total. The summed E-state index contributed by atoms with van der Waals surface area (Å²) in [5, 5.41) is 24.3. The Morgan fingerprint density at radius 2 is 2.12 bits per heavy atom. The zero-order chi connectivity index (χ0) is 18.1. The van der Waals surface area contributed by atoms with Gasteiger partial charge in [-0.25, -0.2) is 4.98 Å². The molecule has 0 saturated heterocycles. The first-order valence-electron chi connectivity index (χ1n) is 8.72. The van der Waals surface area contributed by atoms with E-state index in [1.807, 2.05) is 29.1 Å². The molecule has 0 amide bonds. The third-order valence-electron chi connectivity index (χ3n) is 4.72. The highest BCUT2D eigenvalue weighted by Crippen LogP contribution is 2.29. The summed E-state index contributed by atoms with van der Waals surface area (Å²) in [6.07, 6.45) is 1.07. The fraction of sp³-hybridized carbons (Fsp3) is 0.368. The summed E-state index contributed by atoms with van der Waals surface area (Å²) in [7, 11) is 0. The number of aromatic nitrogens is 3. The van der Waals surface area contributed by atoms with Crippen LogP contribution in [0.3, 0.4) is 0 Å². The van der Waals surface area contributed by atoms with Crippen LogP contribution >= 0.6 is 11.3 Å². The summed E-state index contributed by atoms with van der Waals surface area (Å²) in [6, 6.07) is 10.2. The monoisotopic (exact) mass is 370 g/mol. The lowest BCUT2D eigenvalue weighted by atomic mass is 10.1. The predicted molar refractivity (Wildman–Crippen MR) is 101 cm³/mol. The average molecular weight is 370 g/mol. The van der Waals surface area contributed by atoms with Crippen molar-refractivity contribution >= 4 is 11.3 Å². The molecule has 0 fully saturated rings. The SMILES string of the molecule is Cc1ccccc1-c1ncc(CN2CCn3nc([C@H](O)CO)cc3C2)s1. The standard InChI is InChI=1S/C19H22N4O2S/c1-13-4-2-3-5-16(13)19-20-9-15(26-19)11-22-6-7-23-14(10-22)8-17(21-23)18(25)12-24/h2-5,8-9,18,24-25H,6-7,10-12H2,1H3/t18-/m1/s1. The number of hydrogen-bond donors (Lipinski definition) is 2. The highest BCUT2D eigenvalue weighted by molar-refractivity contribution is 7.15. The number of aliphatic hydroxyl groups is 2. The van der Waals surface area contributed by atoms with Crippen LogP contribution in [0.4, 0.5) is 0 Å². The minimum atomic E-state index is -0.903. The van der Waals surface area contributed by atoms with E-state index in [4.69, 9.17) is 5.11 Å². The summed E-state index contributed by atoms with van der Waals surface area (Å²) in [5.41, 5.74) is 4.06. The van der Waals surface area contributed by atoms with E-state index in [0.717, 1.165) is 36.9 Å². The number of benzene rings is 1. The van der Waals surface area contributed by atoms with Crippen molar-refractivity contribution in [2.45, 2.75) is 32.7 Å². The molecule has 0 aliphatic carbocycles. The van der Waals surface area contributed by atoms with Crippen LogP contribution in [-0.2, 0) is 19.6 Å². The van der Waals surface area contributed by atoms with Gasteiger partial charge in [0.2, 0.25) is 0 Å². The van der Waals surface area contributed by atoms with Crippen molar-refractivity contribution in [2.75, 3.05) is 13.2 Å². The van der Waals surface area contributed by atoms with Gasteiger partial charge in [0.25, 0.3) is 0 Å². The fourth-order valence-corrected chi connectivity index (χ4v) is 4.32. The second-order valence-electron chi connectivity index (χ2n) is 6.64. The molecule has 26 heavy (non-hydrogen) atoms. The molecule has 1 atom stereocenters. The Hall–Kier alpha value is -2.06. The second-order valence-corrected chi connectivity index (χ2v) is 7.75. The minimum Gasteiger partial charge on any atom is -0.393 e. The first-order chi connectivity index (χ1) is 12.6. The Labute approximate surface area is 156 Å². The molecule has 7 heteroatoms. The van der Waals surface area contributed by atoms with Gasteiger partial charge in [0.1, 0.15) is 11.1 Å². The van der Waals surface area contributed by atoms with Crippen LogP contribution in [0, 0.1) is 6.92 Å². The average Bonchev–Trinajstić information content (AvgIpc) is 3.28. The molecule has 1 aliphatic rings. The molecule has 0 radical (unpaired) electrons. The van der Waals surface area contributed by atoms with Crippen molar-refractivity contribution in [1.82, 2.24) is 19.7 Å². The maximum atomic E-state index is 9.77. The van der Waals surface area contributed by atoms with E-state index in [9.17, 15) is 5.11 Å². The summed E-state index contributed by atoms with van der Waals surface area (Å²) in [5.74, 6) is 0. The number of nitrogens with zero attached hydrogens (tertiary/aromatic N) is 4. The lowest BCUT2D eigenvalue weighted by molar-refractivity contribution is 0.0915. The lowest BCUT2D eigenvalue weighted by Crippen LogP contribution is -2.33. The molecule has 3 heterocycles. The molecule has 4 rings (SSSR count). The Morgan fingerprint density at radius 1 is 1.27 bits per heavy atom. The normalized spacial score (nSPS) is 15.8. The van der Waals surface area contributed by atoms with E-state index in [-0.39, 0.29) is 6.61 Å². The molecule has 1 aromatic carbocycles. The zero-order valence-electron chi connectivity index (χ0n) is 14.7. The molecule has 2 aromatic heterocycles. The topological polar surface area (TPSA) is 74.4 Å². The second kappa shape index (κ2) is 7.28. The Bertz CT molecular complexity index is 905. The summed E-state index contributed by atoms with van der Waals surface area (Å²) in [6.45, 7) is 5.14. The minimum absolute atomic E-state index is 0.303. The van der Waals surface area contributed by atoms with Crippen LogP contribution < -0.4 is 0 Å². The van der Waals surface area contributed by atoms with E-state index in [0.29, 0.717) is 5.69 Å². The smallest absolute Gasteiger partial charge is 0.123 e. The van der Waals surface area contributed by atoms with Gasteiger partial charge in [-0.05, 0) is 18.6 Å². The van der Waals surface area contributed by atoms with E-state index in [2.05, 4.69) is 34.0 Å². The summed E-state index contributed by atoms with van der Waals surface area (Å²) < 4.78 is 1.93. The molecule has 3 aromatic rings. The number of fused-ring (bicyclic) bond motifs is 1. The van der Waals surface area contributed by atoms with Crippen LogP contribution in [0.1, 0.15) is 27.9 Å². The van der Waals surface area contributed by atoms with Crippen molar-refractivity contribution in [2.24, 2.45) is 0 Å². The van der Waals surface area contributed by atoms with Gasteiger partial charge in [-0.1, -0.05) is 24.3 Å². The van der Waals surface area contributed by atoms with Crippen LogP contribution in [0.5, 0.6) is 0 Å². The number of thiazole rings is 1. The molecule has 136 valence electrons. The van der Waals surface area contributed by atoms with Gasteiger partial charge < -0.3 is 10.2 Å². The Morgan fingerprint density at radius 3 is 2.92 bits per heavy atom.